The van der Waals surface area contributed by atoms with Gasteiger partial charge in [-0.15, -0.1) is 0 Å². The molecular formula is C20H21F3N4O8. The van der Waals surface area contributed by atoms with Crippen LogP contribution in [0.5, 0.6) is 11.5 Å². The number of alkyl halides is 3. The molecule has 1 aromatic heterocycles. The summed E-state index contributed by atoms with van der Waals surface area (Å²) in [5, 5.41) is 14.4. The number of nitrogens with one attached hydrogen (secondary N) is 3. The van der Waals surface area contributed by atoms with Crippen LogP contribution in [0.1, 0.15) is 5.56 Å². The van der Waals surface area contributed by atoms with Gasteiger partial charge in [0.25, 0.3) is 5.56 Å². The molecule has 0 spiro atoms. The predicted molar refractivity (Wildman–Crippen MR) is 113 cm³/mol. The summed E-state index contributed by atoms with van der Waals surface area (Å²) in [6.45, 7) is -2.53. The lowest BCUT2D eigenvalue weighted by molar-refractivity contribution is -0.138. The van der Waals surface area contributed by atoms with Crippen LogP contribution in [0.25, 0.3) is 10.9 Å². The van der Waals surface area contributed by atoms with E-state index in [0.717, 1.165) is 16.7 Å². The summed E-state index contributed by atoms with van der Waals surface area (Å²) >= 11 is 0. The molecule has 0 saturated carbocycles. The SMILES string of the molecule is COc1cc2c(C(F)(F)F)cc(=O)n(CC(=O)NCC(=O)NCC(=O)NCC(=O)O)c2cc1OC. The molecule has 0 aliphatic rings. The first-order valence-corrected chi connectivity index (χ1v) is 9.76. The number of aliphatic carboxylic acids is 1. The number of rotatable bonds is 10. The lowest BCUT2D eigenvalue weighted by Gasteiger charge is -2.17. The number of carboxylic acid groups (broad SMARTS) is 1. The zero-order chi connectivity index (χ0) is 26.3. The number of amides is 3. The van der Waals surface area contributed by atoms with E-state index in [4.69, 9.17) is 14.6 Å². The number of methoxy groups -OCH3 is 2. The minimum absolute atomic E-state index is 0.0217. The zero-order valence-electron chi connectivity index (χ0n) is 18.4. The Bertz CT molecular complexity index is 1210. The summed E-state index contributed by atoms with van der Waals surface area (Å²) < 4.78 is 51.5. The molecule has 12 nitrogen and oxygen atoms in total. The van der Waals surface area contributed by atoms with E-state index in [1.165, 1.54) is 14.2 Å². The average molecular weight is 502 g/mol. The lowest BCUT2D eigenvalue weighted by Crippen LogP contribution is -2.43. The van der Waals surface area contributed by atoms with Gasteiger partial charge in [-0.05, 0) is 6.07 Å². The Labute approximate surface area is 195 Å². The minimum atomic E-state index is -4.87. The minimum Gasteiger partial charge on any atom is -0.493 e. The normalized spacial score (nSPS) is 11.0. The van der Waals surface area contributed by atoms with Gasteiger partial charge in [-0.1, -0.05) is 0 Å². The zero-order valence-corrected chi connectivity index (χ0v) is 18.4. The fraction of sp³-hybridized carbons (Fsp3) is 0.350. The van der Waals surface area contributed by atoms with Gasteiger partial charge >= 0.3 is 12.1 Å². The lowest BCUT2D eigenvalue weighted by atomic mass is 10.1. The first-order valence-electron chi connectivity index (χ1n) is 9.76. The number of pyridine rings is 1. The van der Waals surface area contributed by atoms with E-state index in [-0.39, 0.29) is 17.0 Å². The number of benzene rings is 1. The van der Waals surface area contributed by atoms with Gasteiger partial charge in [0.2, 0.25) is 17.7 Å². The van der Waals surface area contributed by atoms with Crippen molar-refractivity contribution in [2.24, 2.45) is 0 Å². The number of hydrogen-bond donors (Lipinski definition) is 4. The standard InChI is InChI=1S/C20H21F3N4O8/c1-34-13-3-10-11(20(21,22)23)4-18(31)27(12(10)5-14(13)35-2)9-17(30)25-7-15(28)24-6-16(29)26-8-19(32)33/h3-5H,6-9H2,1-2H3,(H,24,28)(H,25,30)(H,26,29)(H,32,33). The van der Waals surface area contributed by atoms with Crippen LogP contribution >= 0.6 is 0 Å². The average Bonchev–Trinajstić information content (AvgIpc) is 2.79. The van der Waals surface area contributed by atoms with Gasteiger partial charge in [0.05, 0.1) is 38.4 Å². The number of nitrogens with zero attached hydrogens (tertiary/aromatic N) is 1. The molecule has 0 saturated heterocycles. The van der Waals surface area contributed by atoms with E-state index >= 15 is 0 Å². The topological polar surface area (TPSA) is 165 Å². The van der Waals surface area contributed by atoms with Gasteiger partial charge in [-0.3, -0.25) is 28.5 Å². The summed E-state index contributed by atoms with van der Waals surface area (Å²) in [4.78, 5) is 58.3. The fourth-order valence-corrected chi connectivity index (χ4v) is 2.96. The van der Waals surface area contributed by atoms with Crippen LogP contribution in [0.3, 0.4) is 0 Å². The van der Waals surface area contributed by atoms with Crippen molar-refractivity contribution in [3.63, 3.8) is 0 Å². The molecule has 3 amide bonds. The third-order valence-electron chi connectivity index (χ3n) is 4.55. The molecule has 1 heterocycles. The molecule has 35 heavy (non-hydrogen) atoms. The second kappa shape index (κ2) is 11.2. The molecule has 0 fully saturated rings. The Morgan fingerprint density at radius 2 is 1.40 bits per heavy atom. The molecule has 0 unspecified atom stereocenters. The van der Waals surface area contributed by atoms with Crippen molar-refractivity contribution in [1.29, 1.82) is 0 Å². The van der Waals surface area contributed by atoms with Crippen molar-refractivity contribution >= 4 is 34.6 Å². The molecule has 0 aliphatic heterocycles. The van der Waals surface area contributed by atoms with Gasteiger partial charge in [0, 0.05) is 17.5 Å². The molecule has 0 aliphatic carbocycles. The predicted octanol–water partition coefficient (Wildman–Crippen LogP) is -0.529. The van der Waals surface area contributed by atoms with E-state index in [0.29, 0.717) is 6.07 Å². The second-order valence-electron chi connectivity index (χ2n) is 6.93. The maximum atomic E-state index is 13.5. The highest BCUT2D eigenvalue weighted by Gasteiger charge is 2.34. The van der Waals surface area contributed by atoms with Crippen LogP contribution in [0.4, 0.5) is 13.2 Å². The number of carbonyl (C=O) groups is 4. The van der Waals surface area contributed by atoms with Crippen LogP contribution in [0, 0.1) is 0 Å². The Hall–Kier alpha value is -4.30. The number of ether oxygens (including phenoxy) is 2. The van der Waals surface area contributed by atoms with E-state index < -0.39 is 72.6 Å². The highest BCUT2D eigenvalue weighted by atomic mass is 19.4. The summed E-state index contributed by atoms with van der Waals surface area (Å²) in [6, 6.07) is 2.51. The van der Waals surface area contributed by atoms with Crippen LogP contribution in [0.15, 0.2) is 23.0 Å². The Balaban J connectivity index is 2.20. The number of halogens is 3. The Kier molecular flexibility index (Phi) is 8.64. The Morgan fingerprint density at radius 1 is 0.886 bits per heavy atom. The highest BCUT2D eigenvalue weighted by Crippen LogP contribution is 2.38. The number of carbonyl (C=O) groups excluding carboxylic acids is 3. The van der Waals surface area contributed by atoms with Gasteiger partial charge < -0.3 is 30.5 Å². The smallest absolute Gasteiger partial charge is 0.417 e. The second-order valence-corrected chi connectivity index (χ2v) is 6.93. The summed E-state index contributed by atoms with van der Waals surface area (Å²) in [5.74, 6) is -3.75. The van der Waals surface area contributed by atoms with Crippen LogP contribution < -0.4 is 31.0 Å². The Morgan fingerprint density at radius 3 is 1.91 bits per heavy atom. The van der Waals surface area contributed by atoms with E-state index in [2.05, 4.69) is 10.6 Å². The number of fused-ring (bicyclic) bond motifs is 1. The summed E-state index contributed by atoms with van der Waals surface area (Å²) in [7, 11) is 2.47. The molecule has 15 heteroatoms. The van der Waals surface area contributed by atoms with Crippen molar-refractivity contribution in [3.8, 4) is 11.5 Å². The van der Waals surface area contributed by atoms with E-state index in [1.807, 2.05) is 5.32 Å². The summed E-state index contributed by atoms with van der Waals surface area (Å²) in [6.07, 6.45) is -4.87. The van der Waals surface area contributed by atoms with E-state index in [9.17, 15) is 37.1 Å². The third-order valence-corrected chi connectivity index (χ3v) is 4.55. The van der Waals surface area contributed by atoms with Crippen molar-refractivity contribution in [1.82, 2.24) is 20.5 Å². The molecule has 0 bridgehead atoms. The molecule has 4 N–H and O–H groups in total. The van der Waals surface area contributed by atoms with E-state index in [1.54, 1.807) is 0 Å². The van der Waals surface area contributed by atoms with Gasteiger partial charge in [0.1, 0.15) is 13.1 Å². The van der Waals surface area contributed by atoms with Crippen molar-refractivity contribution < 1.29 is 46.9 Å². The highest BCUT2D eigenvalue weighted by molar-refractivity contribution is 5.90. The molecule has 190 valence electrons. The largest absolute Gasteiger partial charge is 0.493 e. The van der Waals surface area contributed by atoms with Gasteiger partial charge in [0.15, 0.2) is 11.5 Å². The van der Waals surface area contributed by atoms with Crippen LogP contribution in [-0.4, -0.2) is 67.2 Å². The van der Waals surface area contributed by atoms with Crippen LogP contribution in [-0.2, 0) is 31.9 Å². The number of aromatic nitrogens is 1. The van der Waals surface area contributed by atoms with Gasteiger partial charge in [-0.2, -0.15) is 13.2 Å². The quantitative estimate of drug-likeness (QED) is 0.337. The van der Waals surface area contributed by atoms with Crippen molar-refractivity contribution in [2.75, 3.05) is 33.9 Å². The molecule has 0 atom stereocenters. The fourth-order valence-electron chi connectivity index (χ4n) is 2.96. The van der Waals surface area contributed by atoms with Gasteiger partial charge in [-0.25, -0.2) is 0 Å². The molecule has 2 rings (SSSR count). The maximum Gasteiger partial charge on any atom is 0.417 e. The molecular weight excluding hydrogens is 481 g/mol. The summed E-state index contributed by atoms with van der Waals surface area (Å²) in [5.41, 5.74) is -2.60. The monoisotopic (exact) mass is 502 g/mol. The molecule has 0 radical (unpaired) electrons. The van der Waals surface area contributed by atoms with Crippen molar-refractivity contribution in [2.45, 2.75) is 12.7 Å². The molecule has 1 aromatic carbocycles. The van der Waals surface area contributed by atoms with Crippen LogP contribution in [0.2, 0.25) is 0 Å². The number of carboxylic acids is 1. The third kappa shape index (κ3) is 7.09. The first-order chi connectivity index (χ1) is 16.4. The first kappa shape index (κ1) is 26.9. The number of hydrogen-bond acceptors (Lipinski definition) is 7. The molecule has 2 aromatic rings. The van der Waals surface area contributed by atoms with Crippen molar-refractivity contribution in [3.05, 3.63) is 34.1 Å². The maximum absolute atomic E-state index is 13.5.